The quantitative estimate of drug-likeness (QED) is 0.0653. The fourth-order valence-corrected chi connectivity index (χ4v) is 4.92. The average Bonchev–Trinajstić information content (AvgIpc) is 3.13. The maximum atomic E-state index is 11.9. The van der Waals surface area contributed by atoms with Gasteiger partial charge in [-0.05, 0) is 67.6 Å². The second-order valence-corrected chi connectivity index (χ2v) is 10.7. The largest absolute Gasteiger partial charge is 0.505 e. The number of esters is 3. The minimum Gasteiger partial charge on any atom is -0.505 e. The maximum absolute atomic E-state index is 11.9. The van der Waals surface area contributed by atoms with Crippen molar-refractivity contribution in [1.29, 1.82) is 0 Å². The molecule has 0 aliphatic rings. The van der Waals surface area contributed by atoms with Gasteiger partial charge in [-0.15, -0.1) is 0 Å². The van der Waals surface area contributed by atoms with E-state index in [1.54, 1.807) is 55.5 Å². The van der Waals surface area contributed by atoms with Crippen molar-refractivity contribution in [3.05, 3.63) is 127 Å². The first-order chi connectivity index (χ1) is 24.1. The Hall–Kier alpha value is -6.03. The number of benzene rings is 4. The van der Waals surface area contributed by atoms with Crippen molar-refractivity contribution in [1.82, 2.24) is 9.97 Å². The summed E-state index contributed by atoms with van der Waals surface area (Å²) in [6, 6.07) is 28.7. The molecular formula is C40H39N2O10Pd-. The van der Waals surface area contributed by atoms with Crippen LogP contribution in [0, 0.1) is 14.4 Å². The number of aryl methyl sites for hydroxylation is 1. The van der Waals surface area contributed by atoms with Gasteiger partial charge >= 0.3 is 17.9 Å². The fraction of sp³-hybridized carbons (Fsp3) is 0.150. The molecule has 0 bridgehead atoms. The normalized spacial score (nSPS) is 9.89. The van der Waals surface area contributed by atoms with Crippen molar-refractivity contribution in [2.75, 3.05) is 14.2 Å². The molecule has 2 heterocycles. The van der Waals surface area contributed by atoms with E-state index in [0.717, 1.165) is 0 Å². The second-order valence-electron chi connectivity index (χ2n) is 10.7. The van der Waals surface area contributed by atoms with Crippen molar-refractivity contribution in [2.45, 2.75) is 27.9 Å². The third-order valence-electron chi connectivity index (χ3n) is 7.30. The first-order valence-electron chi connectivity index (χ1n) is 15.1. The molecule has 2 N–H and O–H groups in total. The molecule has 0 fully saturated rings. The predicted molar refractivity (Wildman–Crippen MR) is 196 cm³/mol. The number of para-hydroxylation sites is 2. The minimum absolute atomic E-state index is 0. The summed E-state index contributed by atoms with van der Waals surface area (Å²) >= 11 is 0. The number of rotatable bonds is 8. The molecule has 53 heavy (non-hydrogen) atoms. The number of carbonyl (C=O) groups is 3. The van der Waals surface area contributed by atoms with E-state index in [0.29, 0.717) is 55.9 Å². The molecule has 280 valence electrons. The van der Waals surface area contributed by atoms with Crippen LogP contribution in [0.2, 0.25) is 0 Å². The van der Waals surface area contributed by atoms with Gasteiger partial charge in [0.1, 0.15) is 29.6 Å². The SMILES string of the molecule is C.COC(=O)c1nc(C)c2cc(Oc3ccccc3)ccc2c1O.COC(=O)c1nc(COC(C)=O)c2cc(Oc3ccccc3)ccc2c1O.[CH3-].[Pd]. The Labute approximate surface area is 320 Å². The van der Waals surface area contributed by atoms with Gasteiger partial charge in [-0.2, -0.15) is 0 Å². The van der Waals surface area contributed by atoms with Gasteiger partial charge in [0.25, 0.3) is 0 Å². The summed E-state index contributed by atoms with van der Waals surface area (Å²) in [5.74, 6) is 0.0335. The van der Waals surface area contributed by atoms with Crippen LogP contribution in [0.15, 0.2) is 97.1 Å². The molecule has 0 unspecified atom stereocenters. The van der Waals surface area contributed by atoms with E-state index in [1.807, 2.05) is 48.5 Å². The van der Waals surface area contributed by atoms with Gasteiger partial charge in [0.2, 0.25) is 0 Å². The predicted octanol–water partition coefficient (Wildman–Crippen LogP) is 8.49. The van der Waals surface area contributed by atoms with Crippen molar-refractivity contribution in [3.8, 4) is 34.5 Å². The molecule has 0 spiro atoms. The molecule has 13 heteroatoms. The summed E-state index contributed by atoms with van der Waals surface area (Å²) in [5.41, 5.74) is 0.576. The van der Waals surface area contributed by atoms with Crippen LogP contribution in [0.1, 0.15) is 46.7 Å². The molecule has 4 aromatic carbocycles. The number of hydrogen-bond acceptors (Lipinski definition) is 12. The van der Waals surface area contributed by atoms with Crippen molar-refractivity contribution in [2.24, 2.45) is 0 Å². The third-order valence-corrected chi connectivity index (χ3v) is 7.30. The number of aromatic nitrogens is 2. The van der Waals surface area contributed by atoms with Crippen LogP contribution in [0.4, 0.5) is 0 Å². The Morgan fingerprint density at radius 3 is 1.51 bits per heavy atom. The van der Waals surface area contributed by atoms with E-state index in [2.05, 4.69) is 19.4 Å². The van der Waals surface area contributed by atoms with Gasteiger partial charge in [-0.3, -0.25) is 4.79 Å². The van der Waals surface area contributed by atoms with Crippen molar-refractivity contribution >= 4 is 39.5 Å². The Morgan fingerprint density at radius 2 is 1.06 bits per heavy atom. The van der Waals surface area contributed by atoms with Crippen LogP contribution in [-0.4, -0.2) is 52.3 Å². The van der Waals surface area contributed by atoms with Gasteiger partial charge < -0.3 is 41.3 Å². The number of methoxy groups -OCH3 is 2. The van der Waals surface area contributed by atoms with Crippen LogP contribution in [-0.2, 0) is 46.0 Å². The van der Waals surface area contributed by atoms with Crippen molar-refractivity contribution in [3.63, 3.8) is 0 Å². The number of ether oxygens (including phenoxy) is 5. The zero-order chi connectivity index (χ0) is 35.8. The van der Waals surface area contributed by atoms with Crippen LogP contribution in [0.5, 0.6) is 34.5 Å². The zero-order valence-corrected chi connectivity index (χ0v) is 30.4. The molecule has 6 aromatic rings. The Bertz CT molecular complexity index is 2200. The maximum Gasteiger partial charge on any atom is 0.360 e. The molecule has 0 atom stereocenters. The Morgan fingerprint density at radius 1 is 0.623 bits per heavy atom. The van der Waals surface area contributed by atoms with Gasteiger partial charge in [-0.25, -0.2) is 19.6 Å². The summed E-state index contributed by atoms with van der Waals surface area (Å²) in [6.07, 6.45) is 0. The first kappa shape index (κ1) is 43.1. The first-order valence-corrected chi connectivity index (χ1v) is 15.1. The molecule has 0 aliphatic carbocycles. The van der Waals surface area contributed by atoms with Crippen molar-refractivity contribution < 1.29 is 68.7 Å². The monoisotopic (exact) mass is 813 g/mol. The van der Waals surface area contributed by atoms with E-state index in [1.165, 1.54) is 21.1 Å². The number of carbonyl (C=O) groups excluding carboxylic acids is 3. The summed E-state index contributed by atoms with van der Waals surface area (Å²) in [6.45, 7) is 2.87. The number of aromatic hydroxyl groups is 2. The van der Waals surface area contributed by atoms with E-state index in [-0.39, 0.29) is 64.8 Å². The molecule has 0 saturated carbocycles. The van der Waals surface area contributed by atoms with Crippen LogP contribution < -0.4 is 9.47 Å². The molecule has 0 radical (unpaired) electrons. The molecule has 0 saturated heterocycles. The number of nitrogens with zero attached hydrogens (tertiary/aromatic N) is 2. The Balaban J connectivity index is 0.000000351. The molecule has 12 nitrogen and oxygen atoms in total. The molecule has 0 aliphatic heterocycles. The zero-order valence-electron chi connectivity index (χ0n) is 28.8. The number of pyridine rings is 2. The minimum atomic E-state index is -0.789. The van der Waals surface area contributed by atoms with Crippen LogP contribution in [0.3, 0.4) is 0 Å². The molecule has 6 rings (SSSR count). The fourth-order valence-electron chi connectivity index (χ4n) is 4.92. The molecular weight excluding hydrogens is 775 g/mol. The Kier molecular flexibility index (Phi) is 15.9. The summed E-state index contributed by atoms with van der Waals surface area (Å²) < 4.78 is 25.9. The summed E-state index contributed by atoms with van der Waals surface area (Å²) in [5, 5.41) is 22.8. The second kappa shape index (κ2) is 19.5. The summed E-state index contributed by atoms with van der Waals surface area (Å²) in [4.78, 5) is 43.0. The van der Waals surface area contributed by atoms with E-state index < -0.39 is 17.9 Å². The van der Waals surface area contributed by atoms with Gasteiger partial charge in [0, 0.05) is 54.6 Å². The molecule has 2 aromatic heterocycles. The van der Waals surface area contributed by atoms with E-state index in [9.17, 15) is 24.6 Å². The van der Waals surface area contributed by atoms with Crippen LogP contribution in [0.25, 0.3) is 21.5 Å². The van der Waals surface area contributed by atoms with Gasteiger partial charge in [-0.1, -0.05) is 43.8 Å². The smallest absolute Gasteiger partial charge is 0.360 e. The van der Waals surface area contributed by atoms with Gasteiger partial charge in [0.05, 0.1) is 19.9 Å². The van der Waals surface area contributed by atoms with E-state index in [4.69, 9.17) is 14.2 Å². The standard InChI is InChI=1S/C20H17NO6.C18H15NO4.CH4.CH3.Pd/c1-12(22)26-11-17-16-10-14(27-13-6-4-3-5-7-13)8-9-15(16)19(23)18(21-17)20(24)25-2;1-11-15-10-13(23-12-6-4-3-5-7-12)8-9-14(15)17(20)16(19-11)18(21)22-2;;;/h3-10,23H,11H2,1-2H3;3-10,20H,1-2H3;1H4;1H3;/q;;;-1;. The average molecular weight is 814 g/mol. The topological polar surface area (TPSA) is 164 Å². The molecule has 0 amide bonds. The van der Waals surface area contributed by atoms with E-state index >= 15 is 0 Å². The van der Waals surface area contributed by atoms with Crippen LogP contribution >= 0.6 is 0 Å². The number of hydrogen-bond donors (Lipinski definition) is 2. The third kappa shape index (κ3) is 10.3. The summed E-state index contributed by atoms with van der Waals surface area (Å²) in [7, 11) is 2.44. The van der Waals surface area contributed by atoms with Gasteiger partial charge in [0.15, 0.2) is 22.9 Å². The number of fused-ring (bicyclic) bond motifs is 2.